The molecule has 2 N–H and O–H groups in total. The molecule has 0 aromatic heterocycles. The van der Waals surface area contributed by atoms with Crippen molar-refractivity contribution in [2.45, 2.75) is 0 Å². The van der Waals surface area contributed by atoms with Crippen LogP contribution in [0.4, 0.5) is 0 Å². The van der Waals surface area contributed by atoms with Gasteiger partial charge in [0, 0.05) is 0 Å². The molecular formula is CH6BrNO. The Bertz CT molecular complexity index is 8.00. The van der Waals surface area contributed by atoms with E-state index in [-0.39, 0.29) is 17.0 Å². The van der Waals surface area contributed by atoms with Gasteiger partial charge in [0.05, 0.1) is 7.11 Å². The molecule has 4 heavy (non-hydrogen) atoms. The summed E-state index contributed by atoms with van der Waals surface area (Å²) in [6.07, 6.45) is 0. The van der Waals surface area contributed by atoms with Crippen molar-refractivity contribution in [3.8, 4) is 0 Å². The van der Waals surface area contributed by atoms with Crippen LogP contribution in [0.2, 0.25) is 0 Å². The van der Waals surface area contributed by atoms with Gasteiger partial charge >= 0.3 is 0 Å². The first kappa shape index (κ1) is 8.83. The van der Waals surface area contributed by atoms with Crippen LogP contribution in [0.25, 0.3) is 0 Å². The molecule has 0 aromatic rings. The molecule has 0 fully saturated rings. The highest BCUT2D eigenvalue weighted by molar-refractivity contribution is 8.93. The van der Waals surface area contributed by atoms with Gasteiger partial charge in [0.2, 0.25) is 0 Å². The van der Waals surface area contributed by atoms with Gasteiger partial charge in [-0.15, -0.1) is 17.0 Å². The maximum atomic E-state index is 4.35. The molecule has 28 valence electrons. The maximum absolute atomic E-state index is 4.35. The molecule has 0 bridgehead atoms. The zero-order valence-corrected chi connectivity index (χ0v) is 4.11. The molecule has 0 unspecified atom stereocenters. The van der Waals surface area contributed by atoms with Crippen LogP contribution in [-0.2, 0) is 4.84 Å². The molecule has 0 aliphatic rings. The van der Waals surface area contributed by atoms with Gasteiger partial charge in [0.1, 0.15) is 0 Å². The normalized spacial score (nSPS) is 4.50. The van der Waals surface area contributed by atoms with E-state index in [0.29, 0.717) is 0 Å². The lowest BCUT2D eigenvalue weighted by molar-refractivity contribution is 0.206. The second-order valence-corrected chi connectivity index (χ2v) is 0.236. The zero-order valence-electron chi connectivity index (χ0n) is 2.39. The summed E-state index contributed by atoms with van der Waals surface area (Å²) in [5.74, 6) is 4.35. The van der Waals surface area contributed by atoms with E-state index in [0.717, 1.165) is 0 Å². The first-order valence-electron chi connectivity index (χ1n) is 0.644. The third kappa shape index (κ3) is 29.4. The highest BCUT2D eigenvalue weighted by Crippen LogP contribution is 1.14. The number of hydrogen-bond acceptors (Lipinski definition) is 2. The Morgan fingerprint density at radius 1 is 1.75 bits per heavy atom. The largest absolute Gasteiger partial charge is 0.308 e. The standard InChI is InChI=1S/CH5NO.BrH/c1-3-2;/h2H2,1H3;1H. The topological polar surface area (TPSA) is 35.2 Å². The third-order valence-corrected chi connectivity index (χ3v) is 0. The molecule has 0 aliphatic carbocycles. The van der Waals surface area contributed by atoms with Crippen molar-refractivity contribution < 1.29 is 4.84 Å². The SMILES string of the molecule is Br.CON. The van der Waals surface area contributed by atoms with Crippen LogP contribution in [0, 0.1) is 0 Å². The maximum Gasteiger partial charge on any atom is 0.0569 e. The Labute approximate surface area is 35.7 Å². The Morgan fingerprint density at radius 3 is 1.75 bits per heavy atom. The lowest BCUT2D eigenvalue weighted by atomic mass is 11.7. The van der Waals surface area contributed by atoms with E-state index in [4.69, 9.17) is 0 Å². The van der Waals surface area contributed by atoms with Gasteiger partial charge < -0.3 is 4.84 Å². The van der Waals surface area contributed by atoms with Gasteiger partial charge in [-0.2, -0.15) is 0 Å². The zero-order chi connectivity index (χ0) is 2.71. The van der Waals surface area contributed by atoms with E-state index in [9.17, 15) is 0 Å². The second-order valence-electron chi connectivity index (χ2n) is 0.236. The van der Waals surface area contributed by atoms with Crippen molar-refractivity contribution in [1.82, 2.24) is 0 Å². The Balaban J connectivity index is 0. The van der Waals surface area contributed by atoms with Crippen LogP contribution in [0.3, 0.4) is 0 Å². The smallest absolute Gasteiger partial charge is 0.0569 e. The monoisotopic (exact) mass is 127 g/mol. The molecule has 0 radical (unpaired) electrons. The molecule has 0 rings (SSSR count). The summed E-state index contributed by atoms with van der Waals surface area (Å²) in [6, 6.07) is 0. The van der Waals surface area contributed by atoms with Crippen molar-refractivity contribution in [1.29, 1.82) is 0 Å². The van der Waals surface area contributed by atoms with Crippen molar-refractivity contribution >= 4 is 17.0 Å². The molecule has 0 spiro atoms. The minimum atomic E-state index is 0. The molecule has 2 nitrogen and oxygen atoms in total. The van der Waals surface area contributed by atoms with Crippen LogP contribution < -0.4 is 5.90 Å². The predicted octanol–water partition coefficient (Wildman–Crippen LogP) is 0.0844. The Kier molecular flexibility index (Phi) is 22.1. The minimum absolute atomic E-state index is 0. The molecular weight excluding hydrogens is 122 g/mol. The average Bonchev–Trinajstić information content (AvgIpc) is 0.918. The van der Waals surface area contributed by atoms with Crippen LogP contribution in [0.1, 0.15) is 0 Å². The second kappa shape index (κ2) is 9.99. The van der Waals surface area contributed by atoms with Crippen LogP contribution in [0.15, 0.2) is 0 Å². The summed E-state index contributed by atoms with van der Waals surface area (Å²) >= 11 is 0. The van der Waals surface area contributed by atoms with E-state index in [1.54, 1.807) is 0 Å². The molecule has 0 aromatic carbocycles. The van der Waals surface area contributed by atoms with E-state index in [1.165, 1.54) is 7.11 Å². The van der Waals surface area contributed by atoms with Gasteiger partial charge in [0.25, 0.3) is 0 Å². The van der Waals surface area contributed by atoms with E-state index < -0.39 is 0 Å². The molecule has 0 atom stereocenters. The van der Waals surface area contributed by atoms with Crippen LogP contribution in [0.5, 0.6) is 0 Å². The Hall–Kier alpha value is 0.400. The number of hydrogen-bond donors (Lipinski definition) is 1. The fraction of sp³-hybridized carbons (Fsp3) is 1.00. The van der Waals surface area contributed by atoms with Gasteiger partial charge in [0.15, 0.2) is 0 Å². The first-order valence-corrected chi connectivity index (χ1v) is 0.644. The molecule has 0 amide bonds. The fourth-order valence-corrected chi connectivity index (χ4v) is 0. The fourth-order valence-electron chi connectivity index (χ4n) is 0. The van der Waals surface area contributed by atoms with Crippen molar-refractivity contribution in [3.63, 3.8) is 0 Å². The molecule has 0 aliphatic heterocycles. The first-order chi connectivity index (χ1) is 1.41. The van der Waals surface area contributed by atoms with Crippen molar-refractivity contribution in [3.05, 3.63) is 0 Å². The highest BCUT2D eigenvalue weighted by atomic mass is 79.9. The molecule has 0 saturated heterocycles. The van der Waals surface area contributed by atoms with Gasteiger partial charge in [-0.3, -0.25) is 0 Å². The van der Waals surface area contributed by atoms with Crippen LogP contribution >= 0.6 is 17.0 Å². The average molecular weight is 128 g/mol. The summed E-state index contributed by atoms with van der Waals surface area (Å²) in [4.78, 5) is 3.75. The lowest BCUT2D eigenvalue weighted by Gasteiger charge is -1.62. The molecule has 0 heterocycles. The van der Waals surface area contributed by atoms with E-state index in [2.05, 4.69) is 10.7 Å². The third-order valence-electron chi connectivity index (χ3n) is 0. The lowest BCUT2D eigenvalue weighted by Crippen LogP contribution is -1.86. The van der Waals surface area contributed by atoms with Gasteiger partial charge in [-0.1, -0.05) is 0 Å². The van der Waals surface area contributed by atoms with Crippen molar-refractivity contribution in [2.24, 2.45) is 5.90 Å². The summed E-state index contributed by atoms with van der Waals surface area (Å²) in [5, 5.41) is 0. The van der Waals surface area contributed by atoms with Gasteiger partial charge in [-0.05, 0) is 0 Å². The molecule has 0 saturated carbocycles. The summed E-state index contributed by atoms with van der Waals surface area (Å²) in [7, 11) is 1.40. The highest BCUT2D eigenvalue weighted by Gasteiger charge is 1.23. The molecule has 3 heteroatoms. The number of halogens is 1. The minimum Gasteiger partial charge on any atom is -0.308 e. The van der Waals surface area contributed by atoms with E-state index >= 15 is 0 Å². The number of nitrogens with two attached hydrogens (primary N) is 1. The van der Waals surface area contributed by atoms with Crippen LogP contribution in [-0.4, -0.2) is 7.11 Å². The summed E-state index contributed by atoms with van der Waals surface area (Å²) < 4.78 is 0. The van der Waals surface area contributed by atoms with Gasteiger partial charge in [-0.25, -0.2) is 5.90 Å². The predicted molar refractivity (Wildman–Crippen MR) is 21.5 cm³/mol. The van der Waals surface area contributed by atoms with E-state index in [1.807, 2.05) is 0 Å². The quantitative estimate of drug-likeness (QED) is 0.469. The summed E-state index contributed by atoms with van der Waals surface area (Å²) in [5.41, 5.74) is 0. The summed E-state index contributed by atoms with van der Waals surface area (Å²) in [6.45, 7) is 0. The number of rotatable bonds is 0. The Morgan fingerprint density at radius 2 is 1.75 bits per heavy atom. The van der Waals surface area contributed by atoms with Crippen molar-refractivity contribution in [2.75, 3.05) is 7.11 Å².